The third-order valence-electron chi connectivity index (χ3n) is 3.85. The number of carbonyl (C=O) groups excluding carboxylic acids is 1. The Labute approximate surface area is 184 Å². The summed E-state index contributed by atoms with van der Waals surface area (Å²) in [6, 6.07) is 12.0. The van der Waals surface area contributed by atoms with E-state index < -0.39 is 12.1 Å². The lowest BCUT2D eigenvalue weighted by atomic mass is 10.3. The van der Waals surface area contributed by atoms with Crippen LogP contribution in [0.3, 0.4) is 0 Å². The van der Waals surface area contributed by atoms with Crippen LogP contribution in [0, 0.1) is 0 Å². The number of hydrogen-bond acceptors (Lipinski definition) is 8. The van der Waals surface area contributed by atoms with Gasteiger partial charge in [0, 0.05) is 10.7 Å². The molecule has 0 aliphatic rings. The maximum absolute atomic E-state index is 12.0. The Bertz CT molecular complexity index is 1060. The molecular weight excluding hydrogens is 422 g/mol. The largest absolute Gasteiger partial charge is 0.479 e. The molecule has 0 radical (unpaired) electrons. The Hall–Kier alpha value is -3.36. The van der Waals surface area contributed by atoms with Gasteiger partial charge in [-0.1, -0.05) is 18.2 Å². The fraction of sp³-hybridized carbons (Fsp3) is 0.227. The molecule has 0 amide bonds. The lowest BCUT2D eigenvalue weighted by Crippen LogP contribution is -2.28. The van der Waals surface area contributed by atoms with Gasteiger partial charge in [-0.25, -0.2) is 14.8 Å². The Balaban J connectivity index is 1.50. The fourth-order valence-corrected chi connectivity index (χ4v) is 2.62. The van der Waals surface area contributed by atoms with Crippen LogP contribution in [-0.4, -0.2) is 35.3 Å². The zero-order valence-electron chi connectivity index (χ0n) is 17.1. The van der Waals surface area contributed by atoms with E-state index in [1.165, 1.54) is 6.20 Å². The number of esters is 1. The van der Waals surface area contributed by atoms with Crippen LogP contribution in [0.25, 0.3) is 11.0 Å². The molecule has 31 heavy (non-hydrogen) atoms. The molecule has 162 valence electrons. The van der Waals surface area contributed by atoms with E-state index in [2.05, 4.69) is 22.0 Å². The zero-order valence-corrected chi connectivity index (χ0v) is 17.9. The van der Waals surface area contributed by atoms with Gasteiger partial charge < -0.3 is 14.2 Å². The van der Waals surface area contributed by atoms with Crippen molar-refractivity contribution in [1.82, 2.24) is 15.4 Å². The summed E-state index contributed by atoms with van der Waals surface area (Å²) >= 11 is 5.96. The van der Waals surface area contributed by atoms with Crippen molar-refractivity contribution in [3.05, 3.63) is 66.0 Å². The molecule has 3 rings (SSSR count). The highest BCUT2D eigenvalue weighted by molar-refractivity contribution is 6.31. The van der Waals surface area contributed by atoms with E-state index in [0.717, 1.165) is 0 Å². The molecule has 9 heteroatoms. The van der Waals surface area contributed by atoms with Gasteiger partial charge >= 0.3 is 5.97 Å². The highest BCUT2D eigenvalue weighted by atomic mass is 35.5. The Kier molecular flexibility index (Phi) is 7.64. The minimum atomic E-state index is -0.779. The summed E-state index contributed by atoms with van der Waals surface area (Å²) in [6.45, 7) is 7.28. The summed E-state index contributed by atoms with van der Waals surface area (Å²) in [5, 5.41) is 0.595. The molecule has 0 bridgehead atoms. The lowest BCUT2D eigenvalue weighted by molar-refractivity contribution is -0.153. The maximum Gasteiger partial charge on any atom is 0.347 e. The predicted molar refractivity (Wildman–Crippen MR) is 116 cm³/mol. The molecule has 0 saturated carbocycles. The number of allylic oxidation sites excluding steroid dienone is 1. The number of fused-ring (bicyclic) bond motifs is 1. The number of benzene rings is 2. The molecule has 1 N–H and O–H groups in total. The number of aromatic nitrogens is 2. The second-order valence-electron chi connectivity index (χ2n) is 6.57. The van der Waals surface area contributed by atoms with Gasteiger partial charge in [0.25, 0.3) is 0 Å². The van der Waals surface area contributed by atoms with E-state index in [-0.39, 0.29) is 13.2 Å². The van der Waals surface area contributed by atoms with Crippen LogP contribution in [0.2, 0.25) is 5.02 Å². The summed E-state index contributed by atoms with van der Waals surface area (Å²) in [4.78, 5) is 25.7. The van der Waals surface area contributed by atoms with Gasteiger partial charge in [0.2, 0.25) is 5.88 Å². The maximum atomic E-state index is 12.0. The first-order valence-corrected chi connectivity index (χ1v) is 9.85. The molecule has 3 aromatic rings. The minimum absolute atomic E-state index is 0.0958. The number of rotatable bonds is 10. The topological polar surface area (TPSA) is 91.8 Å². The number of carbonyl (C=O) groups is 1. The Morgan fingerprint density at radius 2 is 1.87 bits per heavy atom. The second kappa shape index (κ2) is 10.6. The van der Waals surface area contributed by atoms with Crippen LogP contribution in [0.5, 0.6) is 17.4 Å². The van der Waals surface area contributed by atoms with Crippen molar-refractivity contribution in [3.8, 4) is 17.4 Å². The first-order valence-electron chi connectivity index (χ1n) is 9.47. The molecule has 0 aliphatic carbocycles. The van der Waals surface area contributed by atoms with Gasteiger partial charge in [-0.2, -0.15) is 0 Å². The number of ether oxygens (including phenoxy) is 3. The van der Waals surface area contributed by atoms with Gasteiger partial charge in [-0.05, 0) is 56.3 Å². The normalized spacial score (nSPS) is 11.6. The van der Waals surface area contributed by atoms with E-state index in [1.54, 1.807) is 56.3 Å². The minimum Gasteiger partial charge on any atom is -0.479 e. The molecule has 0 fully saturated rings. The number of hydrogen-bond donors (Lipinski definition) is 1. The van der Waals surface area contributed by atoms with Crippen molar-refractivity contribution in [2.75, 3.05) is 13.2 Å². The van der Waals surface area contributed by atoms with E-state index in [1.807, 2.05) is 0 Å². The summed E-state index contributed by atoms with van der Waals surface area (Å²) in [6.07, 6.45) is 0.746. The van der Waals surface area contributed by atoms with Crippen molar-refractivity contribution in [3.63, 3.8) is 0 Å². The predicted octanol–water partition coefficient (Wildman–Crippen LogP) is 4.44. The molecule has 0 unspecified atom stereocenters. The molecule has 1 heterocycles. The van der Waals surface area contributed by atoms with Crippen molar-refractivity contribution in [2.45, 2.75) is 20.0 Å². The van der Waals surface area contributed by atoms with Gasteiger partial charge in [-0.15, -0.1) is 0 Å². The highest BCUT2D eigenvalue weighted by Gasteiger charge is 2.16. The summed E-state index contributed by atoms with van der Waals surface area (Å²) < 4.78 is 16.4. The number of nitrogens with zero attached hydrogens (tertiary/aromatic N) is 2. The average molecular weight is 444 g/mol. The van der Waals surface area contributed by atoms with Crippen molar-refractivity contribution < 1.29 is 23.8 Å². The van der Waals surface area contributed by atoms with Crippen molar-refractivity contribution in [2.24, 2.45) is 0 Å². The van der Waals surface area contributed by atoms with Crippen LogP contribution in [0.1, 0.15) is 13.8 Å². The van der Waals surface area contributed by atoms with Gasteiger partial charge in [0.05, 0.1) is 17.2 Å². The molecule has 0 saturated heterocycles. The molecular formula is C22H22ClN3O5. The number of hydroxylamine groups is 1. The fourth-order valence-electron chi connectivity index (χ4n) is 2.45. The van der Waals surface area contributed by atoms with Crippen LogP contribution in [0.15, 0.2) is 60.9 Å². The summed E-state index contributed by atoms with van der Waals surface area (Å²) in [7, 11) is 0. The quantitative estimate of drug-likeness (QED) is 0.279. The molecule has 1 atom stereocenters. The van der Waals surface area contributed by atoms with Gasteiger partial charge in [0.15, 0.2) is 6.10 Å². The Morgan fingerprint density at radius 3 is 2.61 bits per heavy atom. The Morgan fingerprint density at radius 1 is 1.13 bits per heavy atom. The van der Waals surface area contributed by atoms with Crippen LogP contribution in [-0.2, 0) is 14.4 Å². The third-order valence-corrected chi connectivity index (χ3v) is 4.08. The van der Waals surface area contributed by atoms with E-state index in [0.29, 0.717) is 39.1 Å². The molecule has 8 nitrogen and oxygen atoms in total. The van der Waals surface area contributed by atoms with Crippen molar-refractivity contribution in [1.29, 1.82) is 0 Å². The van der Waals surface area contributed by atoms with E-state index in [9.17, 15) is 4.79 Å². The standard InChI is InChI=1S/C22H22ClN3O5/c1-14(2)26-29-11-10-28-22(27)15(3)30-17-5-7-18(8-6-17)31-21-13-24-20-12-16(23)4-9-19(20)25-21/h4-9,12-13,15,26H,1,10-11H2,2-3H3/t15-/m1/s1. The average Bonchev–Trinajstić information content (AvgIpc) is 2.74. The highest BCUT2D eigenvalue weighted by Crippen LogP contribution is 2.25. The summed E-state index contributed by atoms with van der Waals surface area (Å²) in [5.74, 6) is 0.901. The molecule has 0 spiro atoms. The second-order valence-corrected chi connectivity index (χ2v) is 7.01. The first kappa shape index (κ1) is 22.3. The zero-order chi connectivity index (χ0) is 22.2. The van der Waals surface area contributed by atoms with Gasteiger partial charge in [-0.3, -0.25) is 10.3 Å². The molecule has 2 aromatic carbocycles. The smallest absolute Gasteiger partial charge is 0.347 e. The summed E-state index contributed by atoms with van der Waals surface area (Å²) in [5.41, 5.74) is 4.60. The first-order chi connectivity index (χ1) is 14.9. The van der Waals surface area contributed by atoms with Crippen LogP contribution < -0.4 is 15.0 Å². The van der Waals surface area contributed by atoms with Crippen molar-refractivity contribution >= 4 is 28.6 Å². The van der Waals surface area contributed by atoms with Crippen LogP contribution >= 0.6 is 11.6 Å². The molecule has 1 aromatic heterocycles. The number of halogens is 1. The SMILES string of the molecule is C=C(C)NOCCOC(=O)[C@@H](C)Oc1ccc(Oc2cnc3cc(Cl)ccc3n2)cc1. The lowest BCUT2D eigenvalue weighted by Gasteiger charge is -2.14. The monoisotopic (exact) mass is 443 g/mol. The van der Waals surface area contributed by atoms with E-state index >= 15 is 0 Å². The third kappa shape index (κ3) is 6.84. The molecule has 0 aliphatic heterocycles. The number of nitrogens with one attached hydrogen (secondary N) is 1. The van der Waals surface area contributed by atoms with E-state index in [4.69, 9.17) is 30.6 Å². The van der Waals surface area contributed by atoms with Gasteiger partial charge in [0.1, 0.15) is 24.7 Å². The van der Waals surface area contributed by atoms with Crippen LogP contribution in [0.4, 0.5) is 0 Å².